The van der Waals surface area contributed by atoms with Crippen LogP contribution in [0.5, 0.6) is 0 Å². The minimum Gasteiger partial charge on any atom is -0.392 e. The predicted molar refractivity (Wildman–Crippen MR) is 67.7 cm³/mol. The summed E-state index contributed by atoms with van der Waals surface area (Å²) in [6, 6.07) is 7.80. The summed E-state index contributed by atoms with van der Waals surface area (Å²) in [5.41, 5.74) is 1.07. The number of hydrogen-bond donors (Lipinski definition) is 1. The Morgan fingerprint density at radius 1 is 1.38 bits per heavy atom. The average Bonchev–Trinajstić information content (AvgIpc) is 2.68. The third kappa shape index (κ3) is 2.78. The van der Waals surface area contributed by atoms with E-state index in [-0.39, 0.29) is 6.10 Å². The molecule has 0 saturated heterocycles. The van der Waals surface area contributed by atoms with Crippen molar-refractivity contribution >= 4 is 11.6 Å². The summed E-state index contributed by atoms with van der Waals surface area (Å²) in [5.74, 6) is 1.23. The normalized spacial score (nSPS) is 26.9. The fraction of sp³-hybridized carbons (Fsp3) is 0.571. The maximum Gasteiger partial charge on any atom is 0.0609 e. The monoisotopic (exact) mass is 238 g/mol. The molecule has 0 bridgehead atoms. The van der Waals surface area contributed by atoms with Crippen LogP contribution in [0.1, 0.15) is 31.7 Å². The Hall–Kier alpha value is -0.530. The molecule has 1 aliphatic rings. The molecule has 0 radical (unpaired) electrons. The molecule has 1 aliphatic carbocycles. The summed E-state index contributed by atoms with van der Waals surface area (Å²) in [7, 11) is 0. The Morgan fingerprint density at radius 2 is 2.12 bits per heavy atom. The van der Waals surface area contributed by atoms with Gasteiger partial charge in [-0.25, -0.2) is 0 Å². The van der Waals surface area contributed by atoms with E-state index in [9.17, 15) is 5.11 Å². The highest BCUT2D eigenvalue weighted by Crippen LogP contribution is 2.34. The van der Waals surface area contributed by atoms with Crippen LogP contribution < -0.4 is 0 Å². The van der Waals surface area contributed by atoms with Crippen LogP contribution in [0.15, 0.2) is 24.3 Å². The molecule has 1 aromatic rings. The van der Waals surface area contributed by atoms with Gasteiger partial charge >= 0.3 is 0 Å². The molecule has 0 aliphatic heterocycles. The van der Waals surface area contributed by atoms with Crippen molar-refractivity contribution in [1.82, 2.24) is 0 Å². The zero-order chi connectivity index (χ0) is 11.5. The zero-order valence-electron chi connectivity index (χ0n) is 9.70. The Bertz CT molecular complexity index is 350. The minimum absolute atomic E-state index is 0.232. The van der Waals surface area contributed by atoms with Crippen LogP contribution >= 0.6 is 11.6 Å². The van der Waals surface area contributed by atoms with Gasteiger partial charge in [-0.3, -0.25) is 0 Å². The molecule has 1 nitrogen and oxygen atoms in total. The number of halogens is 1. The topological polar surface area (TPSA) is 20.2 Å². The Balaban J connectivity index is 1.97. The van der Waals surface area contributed by atoms with Gasteiger partial charge in [0.2, 0.25) is 0 Å². The van der Waals surface area contributed by atoms with Gasteiger partial charge in [-0.15, -0.1) is 0 Å². The molecule has 1 aromatic carbocycles. The van der Waals surface area contributed by atoms with E-state index in [1.807, 2.05) is 24.3 Å². The molecule has 88 valence electrons. The number of hydrogen-bond acceptors (Lipinski definition) is 1. The van der Waals surface area contributed by atoms with Crippen LogP contribution in [0, 0.1) is 11.8 Å². The van der Waals surface area contributed by atoms with Crippen molar-refractivity contribution in [2.24, 2.45) is 11.8 Å². The summed E-state index contributed by atoms with van der Waals surface area (Å²) in [6.45, 7) is 2.27. The smallest absolute Gasteiger partial charge is 0.0609 e. The third-order valence-electron chi connectivity index (χ3n) is 3.67. The van der Waals surface area contributed by atoms with Gasteiger partial charge in [-0.2, -0.15) is 0 Å². The fourth-order valence-corrected chi connectivity index (χ4v) is 2.87. The van der Waals surface area contributed by atoms with Gasteiger partial charge in [0.1, 0.15) is 0 Å². The largest absolute Gasteiger partial charge is 0.392 e. The molecule has 1 saturated carbocycles. The lowest BCUT2D eigenvalue weighted by Crippen LogP contribution is -2.20. The molecule has 1 fully saturated rings. The lowest BCUT2D eigenvalue weighted by molar-refractivity contribution is 0.109. The van der Waals surface area contributed by atoms with Gasteiger partial charge in [0.05, 0.1) is 6.10 Å². The number of rotatable bonds is 3. The van der Waals surface area contributed by atoms with Crippen LogP contribution in [0.4, 0.5) is 0 Å². The third-order valence-corrected chi connectivity index (χ3v) is 4.04. The van der Waals surface area contributed by atoms with Crippen molar-refractivity contribution < 1.29 is 5.11 Å². The van der Waals surface area contributed by atoms with Gasteiger partial charge < -0.3 is 5.11 Å². The van der Waals surface area contributed by atoms with Crippen LogP contribution in [-0.2, 0) is 6.42 Å². The fourth-order valence-electron chi connectivity index (χ4n) is 2.66. The molecule has 2 heteroatoms. The van der Waals surface area contributed by atoms with E-state index in [4.69, 9.17) is 11.6 Å². The summed E-state index contributed by atoms with van der Waals surface area (Å²) < 4.78 is 0. The van der Waals surface area contributed by atoms with Gasteiger partial charge in [0, 0.05) is 11.4 Å². The summed E-state index contributed by atoms with van der Waals surface area (Å²) in [6.07, 6.45) is 4.03. The second-order valence-electron chi connectivity index (χ2n) is 5.04. The van der Waals surface area contributed by atoms with Crippen LogP contribution in [-0.4, -0.2) is 11.2 Å². The van der Waals surface area contributed by atoms with Crippen LogP contribution in [0.3, 0.4) is 0 Å². The number of aliphatic hydroxyl groups excluding tert-OH is 1. The van der Waals surface area contributed by atoms with Crippen LogP contribution in [0.2, 0.25) is 5.02 Å². The van der Waals surface area contributed by atoms with Crippen molar-refractivity contribution in [2.45, 2.75) is 38.7 Å². The van der Waals surface area contributed by atoms with Crippen molar-refractivity contribution in [3.63, 3.8) is 0 Å². The first-order valence-electron chi connectivity index (χ1n) is 6.08. The molecule has 0 amide bonds. The van der Waals surface area contributed by atoms with Crippen molar-refractivity contribution in [3.05, 3.63) is 34.9 Å². The molecule has 0 spiro atoms. The van der Waals surface area contributed by atoms with E-state index >= 15 is 0 Å². The standard InChI is InChI=1S/C14H19ClO/c1-10-6-7-12(8-10)14(16)9-11-4-2-3-5-13(11)15/h2-5,10,12,14,16H,6-9H2,1H3. The van der Waals surface area contributed by atoms with Gasteiger partial charge in [0.25, 0.3) is 0 Å². The lowest BCUT2D eigenvalue weighted by Gasteiger charge is -2.18. The maximum absolute atomic E-state index is 10.2. The quantitative estimate of drug-likeness (QED) is 0.852. The Labute approximate surface area is 102 Å². The maximum atomic E-state index is 10.2. The van der Waals surface area contributed by atoms with E-state index < -0.39 is 0 Å². The first kappa shape index (κ1) is 11.9. The Morgan fingerprint density at radius 3 is 2.75 bits per heavy atom. The molecule has 0 heterocycles. The first-order chi connectivity index (χ1) is 7.66. The molecule has 0 aromatic heterocycles. The van der Waals surface area contributed by atoms with E-state index in [2.05, 4.69) is 6.92 Å². The summed E-state index contributed by atoms with van der Waals surface area (Å²) in [5, 5.41) is 11.0. The van der Waals surface area contributed by atoms with Crippen molar-refractivity contribution in [2.75, 3.05) is 0 Å². The predicted octanol–water partition coefficient (Wildman–Crippen LogP) is 3.68. The van der Waals surface area contributed by atoms with Gasteiger partial charge in [-0.05, 0) is 36.3 Å². The first-order valence-corrected chi connectivity index (χ1v) is 6.46. The highest BCUT2D eigenvalue weighted by atomic mass is 35.5. The highest BCUT2D eigenvalue weighted by molar-refractivity contribution is 6.31. The molecule has 3 unspecified atom stereocenters. The highest BCUT2D eigenvalue weighted by Gasteiger charge is 2.27. The van der Waals surface area contributed by atoms with Crippen molar-refractivity contribution in [3.8, 4) is 0 Å². The van der Waals surface area contributed by atoms with E-state index in [1.54, 1.807) is 0 Å². The van der Waals surface area contributed by atoms with Crippen molar-refractivity contribution in [1.29, 1.82) is 0 Å². The molecular formula is C14H19ClO. The van der Waals surface area contributed by atoms with E-state index in [0.717, 1.165) is 29.3 Å². The minimum atomic E-state index is -0.232. The lowest BCUT2D eigenvalue weighted by atomic mass is 9.94. The second-order valence-corrected chi connectivity index (χ2v) is 5.45. The molecule has 16 heavy (non-hydrogen) atoms. The van der Waals surface area contributed by atoms with Crippen LogP contribution in [0.25, 0.3) is 0 Å². The van der Waals surface area contributed by atoms with E-state index in [0.29, 0.717) is 12.3 Å². The SMILES string of the molecule is CC1CCC(C(O)Cc2ccccc2Cl)C1. The molecule has 1 N–H and O–H groups in total. The van der Waals surface area contributed by atoms with Gasteiger partial charge in [0.15, 0.2) is 0 Å². The number of benzene rings is 1. The molecule has 2 rings (SSSR count). The number of aliphatic hydroxyl groups is 1. The van der Waals surface area contributed by atoms with Gasteiger partial charge in [-0.1, -0.05) is 43.1 Å². The average molecular weight is 239 g/mol. The molecule has 3 atom stereocenters. The molecular weight excluding hydrogens is 220 g/mol. The zero-order valence-corrected chi connectivity index (χ0v) is 10.5. The summed E-state index contributed by atoms with van der Waals surface area (Å²) in [4.78, 5) is 0. The summed E-state index contributed by atoms with van der Waals surface area (Å²) >= 11 is 6.09. The second kappa shape index (κ2) is 5.20. The van der Waals surface area contributed by atoms with E-state index in [1.165, 1.54) is 6.42 Å². The Kier molecular flexibility index (Phi) is 3.88.